The third-order valence-corrected chi connectivity index (χ3v) is 3.80. The number of aromatic nitrogens is 1. The van der Waals surface area contributed by atoms with Gasteiger partial charge in [0.2, 0.25) is 0 Å². The van der Waals surface area contributed by atoms with Crippen molar-refractivity contribution in [3.63, 3.8) is 0 Å². The number of Topliss-reactive ketones (excluding diaryl/α,β-unsaturated/α-hetero) is 1. The molecular weight excluding hydrogens is 224 g/mol. The second-order valence-electron chi connectivity index (χ2n) is 3.99. The van der Waals surface area contributed by atoms with Crippen molar-refractivity contribution in [3.05, 3.63) is 11.1 Å². The number of anilines is 1. The summed E-state index contributed by atoms with van der Waals surface area (Å²) in [5.41, 5.74) is 0.578. The highest BCUT2D eigenvalue weighted by Gasteiger charge is 2.21. The van der Waals surface area contributed by atoms with Gasteiger partial charge in [-0.3, -0.25) is 4.79 Å². The molecule has 2 heterocycles. The fourth-order valence-electron chi connectivity index (χ4n) is 1.85. The quantitative estimate of drug-likeness (QED) is 0.757. The number of carbonyl (C=O) groups is 1. The van der Waals surface area contributed by atoms with Crippen LogP contribution in [0, 0.1) is 0 Å². The molecule has 0 amide bonds. The number of carbonyl (C=O) groups excluding carboxylic acids is 1. The number of thiazole rings is 1. The van der Waals surface area contributed by atoms with E-state index in [-0.39, 0.29) is 5.78 Å². The lowest BCUT2D eigenvalue weighted by Crippen LogP contribution is -2.36. The lowest BCUT2D eigenvalue weighted by atomic mass is 10.1. The molecule has 0 atom stereocenters. The molecule has 1 aliphatic rings. The molecule has 2 rings (SSSR count). The Hall–Kier alpha value is -0.940. The molecule has 0 spiro atoms. The summed E-state index contributed by atoms with van der Waals surface area (Å²) in [6.07, 6.45) is 2.44. The van der Waals surface area contributed by atoms with Crippen LogP contribution in [0.2, 0.25) is 0 Å². The van der Waals surface area contributed by atoms with Gasteiger partial charge in [-0.15, -0.1) is 11.3 Å². The maximum Gasteiger partial charge on any atom is 0.185 e. The van der Waals surface area contributed by atoms with Gasteiger partial charge in [-0.25, -0.2) is 4.98 Å². The van der Waals surface area contributed by atoms with Crippen LogP contribution in [0.25, 0.3) is 0 Å². The molecule has 1 aliphatic heterocycles. The van der Waals surface area contributed by atoms with Gasteiger partial charge in [0.25, 0.3) is 0 Å². The monoisotopic (exact) mass is 240 g/mol. The van der Waals surface area contributed by atoms with E-state index in [1.807, 2.05) is 5.38 Å². The SMILES string of the molecule is COC1CCN(c2nc(C(C)=O)cs2)CC1. The van der Waals surface area contributed by atoms with Gasteiger partial charge < -0.3 is 9.64 Å². The Kier molecular flexibility index (Phi) is 3.56. The molecule has 0 radical (unpaired) electrons. The van der Waals surface area contributed by atoms with E-state index in [1.54, 1.807) is 25.4 Å². The highest BCUT2D eigenvalue weighted by Crippen LogP contribution is 2.24. The van der Waals surface area contributed by atoms with Crippen LogP contribution < -0.4 is 4.90 Å². The van der Waals surface area contributed by atoms with Gasteiger partial charge in [0.15, 0.2) is 10.9 Å². The number of ketones is 1. The maximum absolute atomic E-state index is 11.1. The lowest BCUT2D eigenvalue weighted by molar-refractivity contribution is 0.0819. The van der Waals surface area contributed by atoms with Crippen molar-refractivity contribution in [2.45, 2.75) is 25.9 Å². The van der Waals surface area contributed by atoms with E-state index in [9.17, 15) is 4.79 Å². The van der Waals surface area contributed by atoms with Crippen molar-refractivity contribution >= 4 is 22.3 Å². The summed E-state index contributed by atoms with van der Waals surface area (Å²) in [5.74, 6) is 0.0364. The van der Waals surface area contributed by atoms with E-state index in [4.69, 9.17) is 4.74 Å². The Morgan fingerprint density at radius 2 is 2.25 bits per heavy atom. The minimum Gasteiger partial charge on any atom is -0.381 e. The summed E-state index contributed by atoms with van der Waals surface area (Å²) < 4.78 is 5.32. The molecule has 0 aliphatic carbocycles. The Morgan fingerprint density at radius 3 is 2.75 bits per heavy atom. The number of methoxy groups -OCH3 is 1. The lowest BCUT2D eigenvalue weighted by Gasteiger charge is -2.30. The highest BCUT2D eigenvalue weighted by molar-refractivity contribution is 7.13. The molecule has 1 aromatic heterocycles. The summed E-state index contributed by atoms with van der Waals surface area (Å²) in [5, 5.41) is 2.79. The van der Waals surface area contributed by atoms with Crippen molar-refractivity contribution < 1.29 is 9.53 Å². The van der Waals surface area contributed by atoms with E-state index in [2.05, 4.69) is 9.88 Å². The standard InChI is InChI=1S/C11H16N2O2S/c1-8(14)10-7-16-11(12-10)13-5-3-9(15-2)4-6-13/h7,9H,3-6H2,1-2H3. The highest BCUT2D eigenvalue weighted by atomic mass is 32.1. The summed E-state index contributed by atoms with van der Waals surface area (Å²) in [7, 11) is 1.76. The van der Waals surface area contributed by atoms with Gasteiger partial charge in [-0.05, 0) is 12.8 Å². The average molecular weight is 240 g/mol. The fourth-order valence-corrected chi connectivity index (χ4v) is 2.77. The molecule has 88 valence electrons. The van der Waals surface area contributed by atoms with Crippen molar-refractivity contribution in [3.8, 4) is 0 Å². The van der Waals surface area contributed by atoms with E-state index >= 15 is 0 Å². The normalized spacial score (nSPS) is 17.8. The van der Waals surface area contributed by atoms with Crippen LogP contribution >= 0.6 is 11.3 Å². The minimum absolute atomic E-state index is 0.0364. The number of nitrogens with zero attached hydrogens (tertiary/aromatic N) is 2. The first-order valence-corrected chi connectivity index (χ1v) is 6.33. The first-order valence-electron chi connectivity index (χ1n) is 5.45. The Labute approximate surface area is 99.2 Å². The number of hydrogen-bond acceptors (Lipinski definition) is 5. The molecule has 16 heavy (non-hydrogen) atoms. The van der Waals surface area contributed by atoms with Crippen LogP contribution in [0.1, 0.15) is 30.3 Å². The van der Waals surface area contributed by atoms with E-state index in [1.165, 1.54) is 0 Å². The minimum atomic E-state index is 0.0364. The van der Waals surface area contributed by atoms with Crippen LogP contribution in [-0.4, -0.2) is 37.1 Å². The largest absolute Gasteiger partial charge is 0.381 e. The zero-order valence-electron chi connectivity index (χ0n) is 9.60. The molecular formula is C11H16N2O2S. The summed E-state index contributed by atoms with van der Waals surface area (Å²) in [6, 6.07) is 0. The molecule has 0 aromatic carbocycles. The molecule has 0 bridgehead atoms. The topological polar surface area (TPSA) is 42.4 Å². The van der Waals surface area contributed by atoms with Crippen molar-refractivity contribution in [1.82, 2.24) is 4.98 Å². The first kappa shape index (κ1) is 11.5. The van der Waals surface area contributed by atoms with Crippen molar-refractivity contribution in [2.75, 3.05) is 25.1 Å². The molecule has 5 heteroatoms. The smallest absolute Gasteiger partial charge is 0.185 e. The summed E-state index contributed by atoms with van der Waals surface area (Å²) in [4.78, 5) is 17.7. The Balaban J connectivity index is 2.00. The molecule has 0 saturated carbocycles. The van der Waals surface area contributed by atoms with E-state index in [0.29, 0.717) is 11.8 Å². The van der Waals surface area contributed by atoms with Crippen LogP contribution in [0.5, 0.6) is 0 Å². The van der Waals surface area contributed by atoms with Gasteiger partial charge in [0.05, 0.1) is 6.10 Å². The number of rotatable bonds is 3. The predicted molar refractivity (Wildman–Crippen MR) is 64.4 cm³/mol. The average Bonchev–Trinajstić information content (AvgIpc) is 2.78. The van der Waals surface area contributed by atoms with Gasteiger partial charge in [0, 0.05) is 32.5 Å². The molecule has 0 N–H and O–H groups in total. The van der Waals surface area contributed by atoms with Crippen LogP contribution in [0.4, 0.5) is 5.13 Å². The van der Waals surface area contributed by atoms with Crippen LogP contribution in [0.3, 0.4) is 0 Å². The second-order valence-corrected chi connectivity index (χ2v) is 4.83. The summed E-state index contributed by atoms with van der Waals surface area (Å²) in [6.45, 7) is 3.47. The first-order chi connectivity index (χ1) is 7.70. The van der Waals surface area contributed by atoms with Gasteiger partial charge in [0.1, 0.15) is 5.69 Å². The predicted octanol–water partition coefficient (Wildman–Crippen LogP) is 1.96. The second kappa shape index (κ2) is 4.93. The van der Waals surface area contributed by atoms with Gasteiger partial charge >= 0.3 is 0 Å². The van der Waals surface area contributed by atoms with E-state index < -0.39 is 0 Å². The Bertz CT molecular complexity index is 370. The van der Waals surface area contributed by atoms with Crippen LogP contribution in [-0.2, 0) is 4.74 Å². The van der Waals surface area contributed by atoms with Gasteiger partial charge in [-0.1, -0.05) is 0 Å². The maximum atomic E-state index is 11.1. The van der Waals surface area contributed by atoms with Crippen LogP contribution in [0.15, 0.2) is 5.38 Å². The summed E-state index contributed by atoms with van der Waals surface area (Å²) >= 11 is 1.55. The number of ether oxygens (including phenoxy) is 1. The van der Waals surface area contributed by atoms with Crippen molar-refractivity contribution in [1.29, 1.82) is 0 Å². The third kappa shape index (κ3) is 2.41. The molecule has 1 aromatic rings. The third-order valence-electron chi connectivity index (χ3n) is 2.90. The van der Waals surface area contributed by atoms with Crippen molar-refractivity contribution in [2.24, 2.45) is 0 Å². The number of piperidine rings is 1. The molecule has 1 saturated heterocycles. The molecule has 0 unspecified atom stereocenters. The Morgan fingerprint density at radius 1 is 1.56 bits per heavy atom. The molecule has 4 nitrogen and oxygen atoms in total. The zero-order valence-corrected chi connectivity index (χ0v) is 10.4. The molecule has 1 fully saturated rings. The zero-order chi connectivity index (χ0) is 11.5. The number of hydrogen-bond donors (Lipinski definition) is 0. The fraction of sp³-hybridized carbons (Fsp3) is 0.636. The van der Waals surface area contributed by atoms with E-state index in [0.717, 1.165) is 31.1 Å². The van der Waals surface area contributed by atoms with Gasteiger partial charge in [-0.2, -0.15) is 0 Å².